The van der Waals surface area contributed by atoms with Crippen molar-refractivity contribution in [3.05, 3.63) is 41.0 Å². The first-order chi connectivity index (χ1) is 10.1. The summed E-state index contributed by atoms with van der Waals surface area (Å²) in [7, 11) is 0. The molecule has 1 heterocycles. The maximum Gasteiger partial charge on any atom is 0.202 e. The molecule has 0 aliphatic carbocycles. The zero-order chi connectivity index (χ0) is 15.2. The minimum atomic E-state index is -0.183. The number of nitrogens with zero attached hydrogens (tertiary/aromatic N) is 2. The summed E-state index contributed by atoms with van der Waals surface area (Å²) in [5.41, 5.74) is 7.39. The molecule has 3 N–H and O–H groups in total. The van der Waals surface area contributed by atoms with E-state index in [4.69, 9.17) is 5.73 Å². The van der Waals surface area contributed by atoms with Gasteiger partial charge in [-0.05, 0) is 30.5 Å². The van der Waals surface area contributed by atoms with Gasteiger partial charge in [-0.25, -0.2) is 9.37 Å². The maximum absolute atomic E-state index is 13.2. The number of anilines is 1. The number of halogens is 1. The predicted molar refractivity (Wildman–Crippen MR) is 85.2 cm³/mol. The molecule has 1 atom stereocenters. The summed E-state index contributed by atoms with van der Waals surface area (Å²) >= 11 is 1.34. The highest BCUT2D eigenvalue weighted by Gasteiger charge is 2.10. The van der Waals surface area contributed by atoms with Gasteiger partial charge in [0.05, 0.1) is 0 Å². The van der Waals surface area contributed by atoms with E-state index in [0.29, 0.717) is 18.5 Å². The molecule has 0 saturated heterocycles. The minimum absolute atomic E-state index is 0.183. The van der Waals surface area contributed by atoms with E-state index in [1.54, 1.807) is 13.0 Å². The van der Waals surface area contributed by atoms with Crippen LogP contribution >= 0.6 is 11.5 Å². The van der Waals surface area contributed by atoms with Crippen molar-refractivity contribution in [2.75, 3.05) is 11.9 Å². The SMILES string of the molecule is CCCC(CN)Nc1nc(Cc2ccc(F)c(C)c2)ns1. The number of hydrogen-bond acceptors (Lipinski definition) is 5. The van der Waals surface area contributed by atoms with Crippen LogP contribution in [-0.4, -0.2) is 21.9 Å². The number of aromatic nitrogens is 2. The lowest BCUT2D eigenvalue weighted by atomic mass is 10.1. The molecule has 0 radical (unpaired) electrons. The fourth-order valence-electron chi connectivity index (χ4n) is 2.16. The van der Waals surface area contributed by atoms with Crippen LogP contribution in [0.2, 0.25) is 0 Å². The lowest BCUT2D eigenvalue weighted by molar-refractivity contribution is 0.617. The van der Waals surface area contributed by atoms with Crippen molar-refractivity contribution in [2.45, 2.75) is 39.2 Å². The zero-order valence-corrected chi connectivity index (χ0v) is 13.2. The first-order valence-electron chi connectivity index (χ1n) is 7.16. The quantitative estimate of drug-likeness (QED) is 0.825. The molecule has 1 aromatic carbocycles. The van der Waals surface area contributed by atoms with Gasteiger partial charge in [-0.3, -0.25) is 0 Å². The highest BCUT2D eigenvalue weighted by atomic mass is 32.1. The number of rotatable bonds is 7. The van der Waals surface area contributed by atoms with Crippen molar-refractivity contribution < 1.29 is 4.39 Å². The summed E-state index contributed by atoms with van der Waals surface area (Å²) in [6.07, 6.45) is 2.71. The average molecular weight is 308 g/mol. The molecule has 2 rings (SSSR count). The van der Waals surface area contributed by atoms with Crippen molar-refractivity contribution >= 4 is 16.7 Å². The standard InChI is InChI=1S/C15H21FN4S/c1-3-4-12(9-17)18-15-19-14(20-21-15)8-11-5-6-13(16)10(2)7-11/h5-7,12H,3-4,8-9,17H2,1-2H3,(H,18,19,20). The van der Waals surface area contributed by atoms with Crippen molar-refractivity contribution in [3.63, 3.8) is 0 Å². The molecule has 0 saturated carbocycles. The van der Waals surface area contributed by atoms with Gasteiger partial charge in [0.2, 0.25) is 5.13 Å². The van der Waals surface area contributed by atoms with Gasteiger partial charge in [-0.1, -0.05) is 25.5 Å². The van der Waals surface area contributed by atoms with Gasteiger partial charge in [0.1, 0.15) is 11.6 Å². The third-order valence-corrected chi connectivity index (χ3v) is 3.99. The summed E-state index contributed by atoms with van der Waals surface area (Å²) in [6.45, 7) is 4.48. The molecule has 1 aromatic heterocycles. The molecule has 6 heteroatoms. The van der Waals surface area contributed by atoms with Gasteiger partial charge < -0.3 is 11.1 Å². The largest absolute Gasteiger partial charge is 0.356 e. The molecule has 0 fully saturated rings. The molecule has 0 amide bonds. The molecule has 0 bridgehead atoms. The highest BCUT2D eigenvalue weighted by Crippen LogP contribution is 2.17. The third kappa shape index (κ3) is 4.47. The molecule has 1 unspecified atom stereocenters. The van der Waals surface area contributed by atoms with E-state index >= 15 is 0 Å². The summed E-state index contributed by atoms with van der Waals surface area (Å²) in [5, 5.41) is 4.12. The van der Waals surface area contributed by atoms with Gasteiger partial charge in [0.15, 0.2) is 0 Å². The molecule has 4 nitrogen and oxygen atoms in total. The Bertz CT molecular complexity index is 585. The zero-order valence-electron chi connectivity index (χ0n) is 12.4. The third-order valence-electron chi connectivity index (χ3n) is 3.30. The van der Waals surface area contributed by atoms with Crippen LogP contribution in [-0.2, 0) is 6.42 Å². The Balaban J connectivity index is 2.00. The molecule has 0 spiro atoms. The monoisotopic (exact) mass is 308 g/mol. The Kier molecular flexibility index (Phi) is 5.64. The average Bonchev–Trinajstić information content (AvgIpc) is 2.89. The van der Waals surface area contributed by atoms with Crippen molar-refractivity contribution in [1.82, 2.24) is 9.36 Å². The Labute approximate surface area is 128 Å². The molecule has 0 aliphatic rings. The molecule has 2 aromatic rings. The van der Waals surface area contributed by atoms with Crippen molar-refractivity contribution in [2.24, 2.45) is 5.73 Å². The van der Waals surface area contributed by atoms with Crippen LogP contribution in [0.3, 0.4) is 0 Å². The van der Waals surface area contributed by atoms with E-state index in [-0.39, 0.29) is 11.9 Å². The predicted octanol–water partition coefficient (Wildman–Crippen LogP) is 3.12. The second-order valence-corrected chi connectivity index (χ2v) is 5.89. The van der Waals surface area contributed by atoms with E-state index < -0.39 is 0 Å². The van der Waals surface area contributed by atoms with E-state index in [9.17, 15) is 4.39 Å². The van der Waals surface area contributed by atoms with Crippen LogP contribution in [0.1, 0.15) is 36.7 Å². The van der Waals surface area contributed by atoms with Gasteiger partial charge in [0, 0.05) is 30.5 Å². The molecule has 114 valence electrons. The fraction of sp³-hybridized carbons (Fsp3) is 0.467. The Morgan fingerprint density at radius 2 is 2.24 bits per heavy atom. The Morgan fingerprint density at radius 3 is 2.90 bits per heavy atom. The van der Waals surface area contributed by atoms with Crippen LogP contribution in [0.5, 0.6) is 0 Å². The molecular weight excluding hydrogens is 287 g/mol. The number of aryl methyl sites for hydroxylation is 1. The summed E-state index contributed by atoms with van der Waals surface area (Å²) in [4.78, 5) is 4.47. The van der Waals surface area contributed by atoms with E-state index in [1.807, 2.05) is 6.07 Å². The van der Waals surface area contributed by atoms with Gasteiger partial charge >= 0.3 is 0 Å². The Hall–Kier alpha value is -1.53. The number of nitrogens with two attached hydrogens (primary N) is 1. The van der Waals surface area contributed by atoms with Crippen LogP contribution in [0.4, 0.5) is 9.52 Å². The van der Waals surface area contributed by atoms with Gasteiger partial charge in [-0.15, -0.1) is 0 Å². The van der Waals surface area contributed by atoms with Gasteiger partial charge in [0.25, 0.3) is 0 Å². The van der Waals surface area contributed by atoms with Crippen LogP contribution in [0, 0.1) is 12.7 Å². The van der Waals surface area contributed by atoms with E-state index in [0.717, 1.165) is 29.4 Å². The summed E-state index contributed by atoms with van der Waals surface area (Å²) < 4.78 is 17.6. The highest BCUT2D eigenvalue weighted by molar-refractivity contribution is 7.09. The van der Waals surface area contributed by atoms with Gasteiger partial charge in [-0.2, -0.15) is 4.37 Å². The molecule has 21 heavy (non-hydrogen) atoms. The first kappa shape index (κ1) is 15.9. The van der Waals surface area contributed by atoms with Crippen LogP contribution < -0.4 is 11.1 Å². The lowest BCUT2D eigenvalue weighted by Crippen LogP contribution is -2.28. The molecule has 0 aliphatic heterocycles. The lowest BCUT2D eigenvalue weighted by Gasteiger charge is -2.13. The van der Waals surface area contributed by atoms with Crippen LogP contribution in [0.15, 0.2) is 18.2 Å². The second-order valence-electron chi connectivity index (χ2n) is 5.14. The molecular formula is C15H21FN4S. The smallest absolute Gasteiger partial charge is 0.202 e. The first-order valence-corrected chi connectivity index (χ1v) is 7.94. The number of nitrogens with one attached hydrogen (secondary N) is 1. The number of benzene rings is 1. The van der Waals surface area contributed by atoms with E-state index in [2.05, 4.69) is 21.6 Å². The maximum atomic E-state index is 13.2. The minimum Gasteiger partial charge on any atom is -0.356 e. The fourth-order valence-corrected chi connectivity index (χ4v) is 2.82. The second kappa shape index (κ2) is 7.47. The van der Waals surface area contributed by atoms with Crippen molar-refractivity contribution in [1.29, 1.82) is 0 Å². The van der Waals surface area contributed by atoms with E-state index in [1.165, 1.54) is 17.6 Å². The normalized spacial score (nSPS) is 12.4. The van der Waals surface area contributed by atoms with Crippen LogP contribution in [0.25, 0.3) is 0 Å². The Morgan fingerprint density at radius 1 is 1.43 bits per heavy atom. The topological polar surface area (TPSA) is 63.8 Å². The number of hydrogen-bond donors (Lipinski definition) is 2. The summed E-state index contributed by atoms with van der Waals surface area (Å²) in [6, 6.07) is 5.34. The summed E-state index contributed by atoms with van der Waals surface area (Å²) in [5.74, 6) is 0.568. The van der Waals surface area contributed by atoms with Crippen molar-refractivity contribution in [3.8, 4) is 0 Å².